The van der Waals surface area contributed by atoms with Crippen LogP contribution in [0, 0.1) is 12.7 Å². The fourth-order valence-corrected chi connectivity index (χ4v) is 3.65. The lowest BCUT2D eigenvalue weighted by Crippen LogP contribution is -2.18. The number of furan rings is 1. The third-order valence-corrected chi connectivity index (χ3v) is 5.38. The lowest BCUT2D eigenvalue weighted by Gasteiger charge is -2.09. The third-order valence-electron chi connectivity index (χ3n) is 5.38. The van der Waals surface area contributed by atoms with E-state index in [0.717, 1.165) is 12.1 Å². The van der Waals surface area contributed by atoms with Crippen LogP contribution in [0.25, 0.3) is 16.7 Å². The van der Waals surface area contributed by atoms with E-state index < -0.39 is 23.5 Å². The van der Waals surface area contributed by atoms with Crippen LogP contribution in [0.4, 0.5) is 23.5 Å². The number of nitrogens with zero attached hydrogens (tertiary/aromatic N) is 5. The van der Waals surface area contributed by atoms with Gasteiger partial charge in [-0.05, 0) is 61.5 Å². The number of hydrogen-bond donors (Lipinski definition) is 1. The summed E-state index contributed by atoms with van der Waals surface area (Å²) in [7, 11) is 0. The Hall–Kier alpha value is -4.48. The Morgan fingerprint density at radius 1 is 1.11 bits per heavy atom. The number of carbonyl (C=O) groups is 1. The molecular formula is C23H16F4N6O2. The quantitative estimate of drug-likeness (QED) is 0.356. The zero-order valence-corrected chi connectivity index (χ0v) is 18.0. The fourth-order valence-electron chi connectivity index (χ4n) is 3.65. The Balaban J connectivity index is 1.51. The van der Waals surface area contributed by atoms with E-state index in [9.17, 15) is 22.4 Å². The summed E-state index contributed by atoms with van der Waals surface area (Å²) in [5.74, 6) is -0.564. The van der Waals surface area contributed by atoms with Gasteiger partial charge in [0.2, 0.25) is 5.95 Å². The monoisotopic (exact) mass is 484 g/mol. The van der Waals surface area contributed by atoms with Gasteiger partial charge in [0.1, 0.15) is 11.6 Å². The van der Waals surface area contributed by atoms with Gasteiger partial charge in [-0.1, -0.05) is 5.21 Å². The molecule has 0 fully saturated rings. The zero-order valence-electron chi connectivity index (χ0n) is 18.0. The maximum absolute atomic E-state index is 13.2. The summed E-state index contributed by atoms with van der Waals surface area (Å²) in [5, 5.41) is 10.5. The molecule has 0 saturated carbocycles. The highest BCUT2D eigenvalue weighted by Gasteiger charge is 2.31. The van der Waals surface area contributed by atoms with E-state index in [0.29, 0.717) is 22.7 Å². The predicted molar refractivity (Wildman–Crippen MR) is 117 cm³/mol. The van der Waals surface area contributed by atoms with E-state index in [1.165, 1.54) is 45.8 Å². The minimum absolute atomic E-state index is 0.0106. The first kappa shape index (κ1) is 22.3. The van der Waals surface area contributed by atoms with Gasteiger partial charge in [-0.25, -0.2) is 14.1 Å². The Bertz CT molecular complexity index is 1520. The molecule has 0 saturated heterocycles. The van der Waals surface area contributed by atoms with Crippen LogP contribution in [-0.4, -0.2) is 30.5 Å². The van der Waals surface area contributed by atoms with Gasteiger partial charge < -0.3 is 8.98 Å². The smallest absolute Gasteiger partial charge is 0.416 e. The van der Waals surface area contributed by atoms with E-state index in [-0.39, 0.29) is 23.7 Å². The Morgan fingerprint density at radius 3 is 2.57 bits per heavy atom. The Labute approximate surface area is 194 Å². The lowest BCUT2D eigenvalue weighted by atomic mass is 10.2. The standard InChI is InChI=1S/C23H16F4N6O2/c1-13-20(30-31-33(13)16-7-5-15(24)6-8-16)21(34)29-22-28-18-11-14(23(25,26)27)4-9-19(18)32(22)12-17-3-2-10-35-17/h2-11H,12H2,1H3,(H,28,29,34). The molecule has 0 unspecified atom stereocenters. The van der Waals surface area contributed by atoms with Crippen LogP contribution in [0.3, 0.4) is 0 Å². The van der Waals surface area contributed by atoms with Crippen molar-refractivity contribution in [2.75, 3.05) is 5.32 Å². The average molecular weight is 484 g/mol. The molecule has 0 radical (unpaired) electrons. The second kappa shape index (κ2) is 8.38. The number of amides is 1. The maximum atomic E-state index is 13.2. The van der Waals surface area contributed by atoms with Gasteiger partial charge >= 0.3 is 6.18 Å². The van der Waals surface area contributed by atoms with Crippen molar-refractivity contribution in [1.82, 2.24) is 24.5 Å². The normalized spacial score (nSPS) is 11.8. The van der Waals surface area contributed by atoms with E-state index in [1.807, 2.05) is 0 Å². The number of aromatic nitrogens is 5. The number of nitrogens with one attached hydrogen (secondary N) is 1. The first-order chi connectivity index (χ1) is 16.7. The number of fused-ring (bicyclic) bond motifs is 1. The summed E-state index contributed by atoms with van der Waals surface area (Å²) in [6, 6.07) is 12.0. The number of carbonyl (C=O) groups excluding carboxylic acids is 1. The molecule has 5 aromatic rings. The van der Waals surface area contributed by atoms with Crippen LogP contribution < -0.4 is 5.32 Å². The molecule has 0 aliphatic carbocycles. The van der Waals surface area contributed by atoms with Crippen molar-refractivity contribution in [1.29, 1.82) is 0 Å². The molecule has 178 valence electrons. The van der Waals surface area contributed by atoms with Gasteiger partial charge in [0, 0.05) is 0 Å². The van der Waals surface area contributed by atoms with Crippen molar-refractivity contribution in [2.24, 2.45) is 0 Å². The lowest BCUT2D eigenvalue weighted by molar-refractivity contribution is -0.137. The van der Waals surface area contributed by atoms with E-state index in [1.54, 1.807) is 19.1 Å². The summed E-state index contributed by atoms with van der Waals surface area (Å²) < 4.78 is 61.1. The molecule has 3 heterocycles. The second-order valence-corrected chi connectivity index (χ2v) is 7.67. The molecular weight excluding hydrogens is 468 g/mol. The number of benzene rings is 2. The van der Waals surface area contributed by atoms with Gasteiger partial charge in [0.05, 0.1) is 40.8 Å². The second-order valence-electron chi connectivity index (χ2n) is 7.67. The van der Waals surface area contributed by atoms with Crippen molar-refractivity contribution in [3.05, 3.63) is 89.4 Å². The van der Waals surface area contributed by atoms with Gasteiger partial charge in [0.15, 0.2) is 5.69 Å². The molecule has 1 N–H and O–H groups in total. The minimum atomic E-state index is -4.54. The summed E-state index contributed by atoms with van der Waals surface area (Å²) in [5.41, 5.74) is 0.414. The summed E-state index contributed by atoms with van der Waals surface area (Å²) in [6.45, 7) is 1.73. The molecule has 3 aromatic heterocycles. The molecule has 0 spiro atoms. The van der Waals surface area contributed by atoms with Crippen LogP contribution >= 0.6 is 0 Å². The highest BCUT2D eigenvalue weighted by atomic mass is 19.4. The molecule has 12 heteroatoms. The van der Waals surface area contributed by atoms with Crippen LogP contribution in [0.1, 0.15) is 27.5 Å². The van der Waals surface area contributed by atoms with Crippen LogP contribution in [0.2, 0.25) is 0 Å². The molecule has 35 heavy (non-hydrogen) atoms. The Kier molecular flexibility index (Phi) is 5.35. The topological polar surface area (TPSA) is 90.8 Å². The number of anilines is 1. The van der Waals surface area contributed by atoms with Crippen molar-refractivity contribution in [3.63, 3.8) is 0 Å². The molecule has 0 aliphatic heterocycles. The highest BCUT2D eigenvalue weighted by molar-refractivity contribution is 6.03. The van der Waals surface area contributed by atoms with Crippen LogP contribution in [0.15, 0.2) is 65.3 Å². The zero-order chi connectivity index (χ0) is 24.7. The van der Waals surface area contributed by atoms with Crippen LogP contribution in [-0.2, 0) is 12.7 Å². The van der Waals surface area contributed by atoms with Gasteiger partial charge in [0.25, 0.3) is 5.91 Å². The van der Waals surface area contributed by atoms with E-state index in [4.69, 9.17) is 4.42 Å². The first-order valence-corrected chi connectivity index (χ1v) is 10.3. The SMILES string of the molecule is Cc1c(C(=O)Nc2nc3cc(C(F)(F)F)ccc3n2Cc2ccco2)nnn1-c1ccc(F)cc1. The number of hydrogen-bond acceptors (Lipinski definition) is 5. The maximum Gasteiger partial charge on any atom is 0.416 e. The molecule has 8 nitrogen and oxygen atoms in total. The van der Waals surface area contributed by atoms with E-state index in [2.05, 4.69) is 20.6 Å². The molecule has 2 aromatic carbocycles. The largest absolute Gasteiger partial charge is 0.467 e. The van der Waals surface area contributed by atoms with Gasteiger partial charge in [-0.3, -0.25) is 10.1 Å². The fraction of sp³-hybridized carbons (Fsp3) is 0.130. The number of alkyl halides is 3. The molecule has 0 aliphatic rings. The number of rotatable bonds is 5. The molecule has 0 bridgehead atoms. The van der Waals surface area contributed by atoms with E-state index >= 15 is 0 Å². The first-order valence-electron chi connectivity index (χ1n) is 10.3. The number of imidazole rings is 1. The summed E-state index contributed by atoms with van der Waals surface area (Å²) >= 11 is 0. The predicted octanol–water partition coefficient (Wildman–Crippen LogP) is 4.98. The van der Waals surface area contributed by atoms with Gasteiger partial charge in [-0.15, -0.1) is 5.10 Å². The van der Waals surface area contributed by atoms with Crippen molar-refractivity contribution < 1.29 is 26.8 Å². The average Bonchev–Trinajstić information content (AvgIpc) is 3.54. The summed E-state index contributed by atoms with van der Waals surface area (Å²) in [6.07, 6.45) is -3.08. The van der Waals surface area contributed by atoms with Crippen molar-refractivity contribution in [2.45, 2.75) is 19.6 Å². The Morgan fingerprint density at radius 2 is 1.89 bits per heavy atom. The molecule has 1 amide bonds. The van der Waals surface area contributed by atoms with Crippen molar-refractivity contribution in [3.8, 4) is 5.69 Å². The minimum Gasteiger partial charge on any atom is -0.467 e. The number of halogens is 4. The highest BCUT2D eigenvalue weighted by Crippen LogP contribution is 2.32. The van der Waals surface area contributed by atoms with Gasteiger partial charge in [-0.2, -0.15) is 13.2 Å². The van der Waals surface area contributed by atoms with Crippen molar-refractivity contribution >= 4 is 22.9 Å². The summed E-state index contributed by atoms with van der Waals surface area (Å²) in [4.78, 5) is 17.3. The molecule has 0 atom stereocenters. The molecule has 5 rings (SSSR count). The third kappa shape index (κ3) is 4.25. The van der Waals surface area contributed by atoms with Crippen LogP contribution in [0.5, 0.6) is 0 Å².